The van der Waals surface area contributed by atoms with Crippen LogP contribution in [-0.4, -0.2) is 49.5 Å². The van der Waals surface area contributed by atoms with Crippen LogP contribution in [0.1, 0.15) is 36.2 Å². The fraction of sp³-hybridized carbons (Fsp3) is 0.636. The number of amides is 1. The van der Waals surface area contributed by atoms with E-state index in [9.17, 15) is 9.59 Å². The third-order valence-corrected chi connectivity index (χ3v) is 3.12. The largest absolute Gasteiger partial charge is 0.481 e. The molecule has 0 spiro atoms. The van der Waals surface area contributed by atoms with Crippen LogP contribution in [0.2, 0.25) is 0 Å². The maximum Gasteiger partial charge on any atom is 0.305 e. The Morgan fingerprint density at radius 1 is 1.50 bits per heavy atom. The second-order valence-electron chi connectivity index (χ2n) is 4.52. The number of aryl methyl sites for hydroxylation is 1. The third kappa shape index (κ3) is 2.66. The molecule has 1 aliphatic rings. The molecular weight excluding hydrogens is 236 g/mol. The molecular formula is C11H16N4O3. The van der Waals surface area contributed by atoms with Crippen LogP contribution in [0.4, 0.5) is 0 Å². The van der Waals surface area contributed by atoms with Gasteiger partial charge < -0.3 is 10.0 Å². The number of carbonyl (C=O) groups excluding carboxylic acids is 1. The lowest BCUT2D eigenvalue weighted by Crippen LogP contribution is -2.44. The van der Waals surface area contributed by atoms with E-state index in [1.165, 1.54) is 4.68 Å². The molecule has 0 aromatic carbocycles. The van der Waals surface area contributed by atoms with Crippen molar-refractivity contribution in [2.24, 2.45) is 7.05 Å². The summed E-state index contributed by atoms with van der Waals surface area (Å²) in [5.74, 6) is -1.10. The van der Waals surface area contributed by atoms with Gasteiger partial charge in [0.2, 0.25) is 0 Å². The van der Waals surface area contributed by atoms with Gasteiger partial charge in [-0.05, 0) is 19.3 Å². The molecule has 2 heterocycles. The molecule has 7 nitrogen and oxygen atoms in total. The first-order chi connectivity index (χ1) is 8.58. The molecule has 1 amide bonds. The van der Waals surface area contributed by atoms with Crippen LogP contribution in [0.5, 0.6) is 0 Å². The van der Waals surface area contributed by atoms with Crippen molar-refractivity contribution < 1.29 is 14.7 Å². The topological polar surface area (TPSA) is 88.3 Å². The van der Waals surface area contributed by atoms with Crippen LogP contribution in [0.3, 0.4) is 0 Å². The Hall–Kier alpha value is -1.92. The first-order valence-electron chi connectivity index (χ1n) is 5.97. The van der Waals surface area contributed by atoms with E-state index in [0.717, 1.165) is 19.3 Å². The monoisotopic (exact) mass is 252 g/mol. The highest BCUT2D eigenvalue weighted by atomic mass is 16.4. The van der Waals surface area contributed by atoms with E-state index >= 15 is 0 Å². The fourth-order valence-corrected chi connectivity index (χ4v) is 2.27. The molecule has 98 valence electrons. The summed E-state index contributed by atoms with van der Waals surface area (Å²) in [5, 5.41) is 16.4. The van der Waals surface area contributed by atoms with Gasteiger partial charge in [0.05, 0.1) is 12.6 Å². The van der Waals surface area contributed by atoms with Gasteiger partial charge in [-0.3, -0.25) is 14.3 Å². The van der Waals surface area contributed by atoms with E-state index in [2.05, 4.69) is 10.3 Å². The van der Waals surface area contributed by atoms with Crippen molar-refractivity contribution in [1.29, 1.82) is 0 Å². The molecule has 0 radical (unpaired) electrons. The minimum atomic E-state index is -0.876. The number of aromatic nitrogens is 3. The second-order valence-corrected chi connectivity index (χ2v) is 4.52. The highest BCUT2D eigenvalue weighted by Crippen LogP contribution is 2.21. The molecule has 0 saturated carbocycles. The number of rotatable bonds is 3. The van der Waals surface area contributed by atoms with Crippen LogP contribution >= 0.6 is 0 Å². The Kier molecular flexibility index (Phi) is 3.59. The zero-order chi connectivity index (χ0) is 13.1. The van der Waals surface area contributed by atoms with Crippen molar-refractivity contribution in [3.63, 3.8) is 0 Å². The normalized spacial score (nSPS) is 19.8. The summed E-state index contributed by atoms with van der Waals surface area (Å²) in [6.07, 6.45) is 4.14. The highest BCUT2D eigenvalue weighted by molar-refractivity contribution is 5.92. The number of hydrogen-bond acceptors (Lipinski definition) is 4. The number of carboxylic acid groups (broad SMARTS) is 1. The lowest BCUT2D eigenvalue weighted by molar-refractivity contribution is -0.138. The molecule has 1 aromatic rings. The molecule has 1 N–H and O–H groups in total. The Bertz CT molecular complexity index is 457. The summed E-state index contributed by atoms with van der Waals surface area (Å²) < 4.78 is 1.46. The fourth-order valence-electron chi connectivity index (χ4n) is 2.27. The van der Waals surface area contributed by atoms with E-state index in [-0.39, 0.29) is 24.1 Å². The SMILES string of the molecule is Cn1cc(C(=O)N2CCCCC2CC(=O)O)nn1. The minimum Gasteiger partial charge on any atom is -0.481 e. The maximum absolute atomic E-state index is 12.2. The summed E-state index contributed by atoms with van der Waals surface area (Å²) in [6, 6.07) is -0.231. The smallest absolute Gasteiger partial charge is 0.305 e. The van der Waals surface area contributed by atoms with Gasteiger partial charge in [-0.2, -0.15) is 0 Å². The molecule has 0 bridgehead atoms. The predicted octanol–water partition coefficient (Wildman–Crippen LogP) is 0.284. The molecule has 2 rings (SSSR count). The maximum atomic E-state index is 12.2. The Morgan fingerprint density at radius 2 is 2.28 bits per heavy atom. The number of likely N-dealkylation sites (tertiary alicyclic amines) is 1. The molecule has 7 heteroatoms. The van der Waals surface area contributed by atoms with E-state index in [0.29, 0.717) is 6.54 Å². The lowest BCUT2D eigenvalue weighted by atomic mass is 9.99. The highest BCUT2D eigenvalue weighted by Gasteiger charge is 2.30. The van der Waals surface area contributed by atoms with Crippen molar-refractivity contribution in [3.05, 3.63) is 11.9 Å². The molecule has 1 atom stereocenters. The van der Waals surface area contributed by atoms with Crippen molar-refractivity contribution in [1.82, 2.24) is 19.9 Å². The van der Waals surface area contributed by atoms with Gasteiger partial charge in [-0.15, -0.1) is 5.10 Å². The van der Waals surface area contributed by atoms with Crippen LogP contribution in [0.15, 0.2) is 6.20 Å². The van der Waals surface area contributed by atoms with E-state index in [1.54, 1.807) is 18.1 Å². The first kappa shape index (κ1) is 12.5. The van der Waals surface area contributed by atoms with Crippen LogP contribution in [0.25, 0.3) is 0 Å². The summed E-state index contributed by atoms with van der Waals surface area (Å²) in [7, 11) is 1.69. The standard InChI is InChI=1S/C11H16N4O3/c1-14-7-9(12-13-14)11(18)15-5-3-2-4-8(15)6-10(16)17/h7-8H,2-6H2,1H3,(H,16,17). The number of aliphatic carboxylic acids is 1. The van der Waals surface area contributed by atoms with Crippen molar-refractivity contribution >= 4 is 11.9 Å². The number of piperidine rings is 1. The van der Waals surface area contributed by atoms with Gasteiger partial charge in [0.15, 0.2) is 5.69 Å². The van der Waals surface area contributed by atoms with Crippen molar-refractivity contribution in [2.75, 3.05) is 6.54 Å². The predicted molar refractivity (Wildman–Crippen MR) is 61.9 cm³/mol. The van der Waals surface area contributed by atoms with E-state index < -0.39 is 5.97 Å². The summed E-state index contributed by atoms with van der Waals surface area (Å²) in [6.45, 7) is 0.591. The van der Waals surface area contributed by atoms with E-state index in [4.69, 9.17) is 5.11 Å². The molecule has 1 unspecified atom stereocenters. The summed E-state index contributed by atoms with van der Waals surface area (Å²) >= 11 is 0. The molecule has 18 heavy (non-hydrogen) atoms. The molecule has 1 aliphatic heterocycles. The average molecular weight is 252 g/mol. The van der Waals surface area contributed by atoms with Crippen LogP contribution < -0.4 is 0 Å². The molecule has 0 aliphatic carbocycles. The minimum absolute atomic E-state index is 0.00793. The van der Waals surface area contributed by atoms with Gasteiger partial charge in [0.25, 0.3) is 5.91 Å². The number of hydrogen-bond donors (Lipinski definition) is 1. The first-order valence-corrected chi connectivity index (χ1v) is 5.97. The quantitative estimate of drug-likeness (QED) is 0.835. The average Bonchev–Trinajstić information content (AvgIpc) is 2.75. The lowest BCUT2D eigenvalue weighted by Gasteiger charge is -2.34. The van der Waals surface area contributed by atoms with Crippen LogP contribution in [-0.2, 0) is 11.8 Å². The Morgan fingerprint density at radius 3 is 2.89 bits per heavy atom. The molecule has 1 aromatic heterocycles. The zero-order valence-electron chi connectivity index (χ0n) is 10.2. The summed E-state index contributed by atoms with van der Waals surface area (Å²) in [5.41, 5.74) is 0.273. The number of nitrogens with zero attached hydrogens (tertiary/aromatic N) is 4. The number of carbonyl (C=O) groups is 2. The van der Waals surface area contributed by atoms with Gasteiger partial charge in [-0.25, -0.2) is 0 Å². The Labute approximate surface area is 104 Å². The van der Waals surface area contributed by atoms with Crippen molar-refractivity contribution in [2.45, 2.75) is 31.7 Å². The molecule has 1 saturated heterocycles. The van der Waals surface area contributed by atoms with E-state index in [1.807, 2.05) is 0 Å². The Balaban J connectivity index is 2.13. The van der Waals surface area contributed by atoms with Gasteiger partial charge in [-0.1, -0.05) is 5.21 Å². The molecule has 1 fully saturated rings. The van der Waals surface area contributed by atoms with Crippen molar-refractivity contribution in [3.8, 4) is 0 Å². The zero-order valence-corrected chi connectivity index (χ0v) is 10.2. The summed E-state index contributed by atoms with van der Waals surface area (Å²) in [4.78, 5) is 24.6. The van der Waals surface area contributed by atoms with Gasteiger partial charge >= 0.3 is 5.97 Å². The second kappa shape index (κ2) is 5.16. The third-order valence-electron chi connectivity index (χ3n) is 3.12. The van der Waals surface area contributed by atoms with Gasteiger partial charge in [0, 0.05) is 19.6 Å². The van der Waals surface area contributed by atoms with Crippen LogP contribution in [0, 0.1) is 0 Å². The number of carboxylic acids is 1. The van der Waals surface area contributed by atoms with Gasteiger partial charge in [0.1, 0.15) is 0 Å².